The van der Waals surface area contributed by atoms with E-state index in [2.05, 4.69) is 12.0 Å². The number of hydrogen-bond donors (Lipinski definition) is 0. The summed E-state index contributed by atoms with van der Waals surface area (Å²) in [5.41, 5.74) is 0. The van der Waals surface area contributed by atoms with Gasteiger partial charge in [-0.3, -0.25) is 4.79 Å². The summed E-state index contributed by atoms with van der Waals surface area (Å²) in [5.74, 6) is 2.41. The van der Waals surface area contributed by atoms with Crippen LogP contribution < -0.4 is 0 Å². The highest BCUT2D eigenvalue weighted by Gasteiger charge is 1.88. The summed E-state index contributed by atoms with van der Waals surface area (Å²) in [7, 11) is 0. The Balaban J connectivity index is 3.86. The third-order valence-electron chi connectivity index (χ3n) is 1.15. The summed E-state index contributed by atoms with van der Waals surface area (Å²) in [6.45, 7) is 7.24. The molecule has 0 unspecified atom stereocenters. The molecule has 0 aromatic carbocycles. The minimum atomic E-state index is -0.0769. The van der Waals surface area contributed by atoms with E-state index in [4.69, 9.17) is 0 Å². The third-order valence-corrected chi connectivity index (χ3v) is 1.15. The maximum absolute atomic E-state index is 10.4. The molecule has 0 spiro atoms. The molecule has 0 aliphatic rings. The number of carbonyl (C=O) groups excluding carboxylic acids is 1. The summed E-state index contributed by atoms with van der Waals surface area (Å²) in [6.07, 6.45) is 0. The van der Waals surface area contributed by atoms with Crippen LogP contribution in [-0.4, -0.2) is 23.8 Å². The molecule has 0 aromatic heterocycles. The lowest BCUT2D eigenvalue weighted by Crippen LogP contribution is -2.16. The van der Waals surface area contributed by atoms with Crippen LogP contribution >= 0.6 is 0 Å². The van der Waals surface area contributed by atoms with E-state index in [1.165, 1.54) is 6.92 Å². The number of hydrogen-bond acceptors (Lipinski definition) is 2. The second-order valence-corrected chi connectivity index (χ2v) is 1.97. The van der Waals surface area contributed by atoms with Crippen LogP contribution in [0.2, 0.25) is 0 Å². The molecule has 0 heterocycles. The lowest BCUT2D eigenvalue weighted by atomic mass is 10.4. The Hall–Kier alpha value is -0.970. The third kappa shape index (κ3) is 3.96. The summed E-state index contributed by atoms with van der Waals surface area (Å²) in [4.78, 5) is 12.3. The van der Waals surface area contributed by atoms with E-state index in [-0.39, 0.29) is 5.78 Å². The van der Waals surface area contributed by atoms with Crippen molar-refractivity contribution in [3.05, 3.63) is 0 Å². The quantitative estimate of drug-likeness (QED) is 0.418. The molecule has 0 N–H and O–H groups in total. The SMILES string of the molecule is CCN(C#CC(C)=O)CC. The summed E-state index contributed by atoms with van der Waals surface area (Å²) >= 11 is 0. The zero-order valence-electron chi connectivity index (χ0n) is 6.77. The molecular formula is C8H13NO. The van der Waals surface area contributed by atoms with Gasteiger partial charge in [0.25, 0.3) is 0 Å². The second kappa shape index (κ2) is 4.87. The monoisotopic (exact) mass is 139 g/mol. The molecule has 0 saturated heterocycles. The first-order valence-electron chi connectivity index (χ1n) is 3.47. The van der Waals surface area contributed by atoms with Gasteiger partial charge in [0.05, 0.1) is 0 Å². The standard InChI is InChI=1S/C8H13NO/c1-4-9(5-2)7-6-8(3)10/h4-5H2,1-3H3. The van der Waals surface area contributed by atoms with Crippen LogP contribution in [0.4, 0.5) is 0 Å². The van der Waals surface area contributed by atoms with Crippen molar-refractivity contribution in [3.63, 3.8) is 0 Å². The van der Waals surface area contributed by atoms with Gasteiger partial charge in [0, 0.05) is 26.1 Å². The predicted molar refractivity (Wildman–Crippen MR) is 41.4 cm³/mol. The topological polar surface area (TPSA) is 20.3 Å². The Labute approximate surface area is 62.2 Å². The minimum Gasteiger partial charge on any atom is -0.333 e. The molecule has 0 fully saturated rings. The maximum Gasteiger partial charge on any atom is 0.204 e. The first kappa shape index (κ1) is 9.03. The van der Waals surface area contributed by atoms with Crippen LogP contribution in [0.5, 0.6) is 0 Å². The fourth-order valence-corrected chi connectivity index (χ4v) is 0.540. The molecule has 0 atom stereocenters. The second-order valence-electron chi connectivity index (χ2n) is 1.97. The van der Waals surface area contributed by atoms with Crippen LogP contribution in [0.15, 0.2) is 0 Å². The van der Waals surface area contributed by atoms with Crippen LogP contribution in [-0.2, 0) is 4.79 Å². The fraction of sp³-hybridized carbons (Fsp3) is 0.625. The number of ketones is 1. The highest BCUT2D eigenvalue weighted by atomic mass is 16.1. The van der Waals surface area contributed by atoms with Gasteiger partial charge in [-0.15, -0.1) is 0 Å². The lowest BCUT2D eigenvalue weighted by molar-refractivity contribution is -0.111. The molecule has 2 heteroatoms. The van der Waals surface area contributed by atoms with Crippen LogP contribution in [0, 0.1) is 12.0 Å². The molecular weight excluding hydrogens is 126 g/mol. The molecule has 0 aromatic rings. The van der Waals surface area contributed by atoms with Crippen molar-refractivity contribution in [1.29, 1.82) is 0 Å². The summed E-state index contributed by atoms with van der Waals surface area (Å²) < 4.78 is 0. The molecule has 0 aliphatic heterocycles. The van der Waals surface area contributed by atoms with E-state index in [0.717, 1.165) is 13.1 Å². The van der Waals surface area contributed by atoms with Gasteiger partial charge in [0.1, 0.15) is 0 Å². The van der Waals surface area contributed by atoms with E-state index in [9.17, 15) is 4.79 Å². The van der Waals surface area contributed by atoms with E-state index in [1.807, 2.05) is 18.7 Å². The zero-order chi connectivity index (χ0) is 7.98. The average Bonchev–Trinajstić information content (AvgIpc) is 1.90. The van der Waals surface area contributed by atoms with Crippen molar-refractivity contribution in [2.24, 2.45) is 0 Å². The Morgan fingerprint density at radius 1 is 1.40 bits per heavy atom. The van der Waals surface area contributed by atoms with Gasteiger partial charge in [0.15, 0.2) is 0 Å². The molecule has 0 bridgehead atoms. The van der Waals surface area contributed by atoms with E-state index >= 15 is 0 Å². The molecule has 0 amide bonds. The van der Waals surface area contributed by atoms with Crippen molar-refractivity contribution in [1.82, 2.24) is 4.90 Å². The maximum atomic E-state index is 10.4. The van der Waals surface area contributed by atoms with E-state index in [1.54, 1.807) is 0 Å². The van der Waals surface area contributed by atoms with Crippen LogP contribution in [0.25, 0.3) is 0 Å². The van der Waals surface area contributed by atoms with Gasteiger partial charge in [-0.25, -0.2) is 0 Å². The number of rotatable bonds is 2. The Morgan fingerprint density at radius 2 is 1.90 bits per heavy atom. The number of Topliss-reactive ketones (excluding diaryl/α,β-unsaturated/α-hetero) is 1. The normalized spacial score (nSPS) is 7.90. The Bertz CT molecular complexity index is 160. The molecule has 10 heavy (non-hydrogen) atoms. The number of nitrogens with zero attached hydrogens (tertiary/aromatic N) is 1. The van der Waals surface area contributed by atoms with Gasteiger partial charge in [-0.05, 0) is 19.8 Å². The van der Waals surface area contributed by atoms with Gasteiger partial charge < -0.3 is 4.90 Å². The molecule has 0 radical (unpaired) electrons. The smallest absolute Gasteiger partial charge is 0.204 e. The largest absolute Gasteiger partial charge is 0.333 e. The summed E-state index contributed by atoms with van der Waals surface area (Å²) in [6, 6.07) is 2.75. The Morgan fingerprint density at radius 3 is 2.20 bits per heavy atom. The predicted octanol–water partition coefficient (Wildman–Crippen LogP) is 0.878. The molecule has 56 valence electrons. The van der Waals surface area contributed by atoms with Crippen LogP contribution in [0.3, 0.4) is 0 Å². The van der Waals surface area contributed by atoms with Crippen molar-refractivity contribution in [2.45, 2.75) is 20.8 Å². The van der Waals surface area contributed by atoms with Gasteiger partial charge in [-0.1, -0.05) is 0 Å². The van der Waals surface area contributed by atoms with Gasteiger partial charge in [0.2, 0.25) is 5.78 Å². The molecule has 2 nitrogen and oxygen atoms in total. The average molecular weight is 139 g/mol. The van der Waals surface area contributed by atoms with Gasteiger partial charge >= 0.3 is 0 Å². The highest BCUT2D eigenvalue weighted by Crippen LogP contribution is 1.80. The number of carbonyl (C=O) groups is 1. The fourth-order valence-electron chi connectivity index (χ4n) is 0.540. The molecule has 0 saturated carbocycles. The van der Waals surface area contributed by atoms with Crippen molar-refractivity contribution >= 4 is 5.78 Å². The van der Waals surface area contributed by atoms with Gasteiger partial charge in [-0.2, -0.15) is 0 Å². The van der Waals surface area contributed by atoms with Crippen LogP contribution in [0.1, 0.15) is 20.8 Å². The molecule has 0 rings (SSSR count). The van der Waals surface area contributed by atoms with Crippen molar-refractivity contribution in [2.75, 3.05) is 13.1 Å². The van der Waals surface area contributed by atoms with E-state index < -0.39 is 0 Å². The lowest BCUT2D eigenvalue weighted by Gasteiger charge is -2.09. The first-order valence-corrected chi connectivity index (χ1v) is 3.47. The molecule has 0 aliphatic carbocycles. The zero-order valence-corrected chi connectivity index (χ0v) is 6.77. The van der Waals surface area contributed by atoms with Crippen molar-refractivity contribution < 1.29 is 4.79 Å². The minimum absolute atomic E-state index is 0.0769. The summed E-state index contributed by atoms with van der Waals surface area (Å²) in [5, 5.41) is 0. The first-order chi connectivity index (χ1) is 4.70. The van der Waals surface area contributed by atoms with E-state index in [0.29, 0.717) is 0 Å². The van der Waals surface area contributed by atoms with Crippen molar-refractivity contribution in [3.8, 4) is 12.0 Å². The Kier molecular flexibility index (Phi) is 4.39. The highest BCUT2D eigenvalue weighted by molar-refractivity contribution is 5.93.